The molecule has 0 radical (unpaired) electrons. The molecule has 92 valence electrons. The number of benzene rings is 1. The van der Waals surface area contributed by atoms with Crippen LogP contribution in [0, 0.1) is 5.41 Å². The van der Waals surface area contributed by atoms with Crippen LogP contribution in [0.1, 0.15) is 65.9 Å². The van der Waals surface area contributed by atoms with Gasteiger partial charge in [-0.05, 0) is 23.3 Å². The van der Waals surface area contributed by atoms with Crippen LogP contribution in [-0.2, 0) is 0 Å². The summed E-state index contributed by atoms with van der Waals surface area (Å²) in [5.74, 6) is 0.709. The summed E-state index contributed by atoms with van der Waals surface area (Å²) in [6, 6.07) is 10.6. The van der Waals surface area contributed by atoms with E-state index in [0.29, 0.717) is 11.3 Å². The minimum absolute atomic E-state index is 0.542. The van der Waals surface area contributed by atoms with Gasteiger partial charge in [0, 0.05) is 0 Å². The molecule has 0 heterocycles. The van der Waals surface area contributed by atoms with Crippen molar-refractivity contribution >= 4 is 0 Å². The van der Waals surface area contributed by atoms with Crippen molar-refractivity contribution in [3.05, 3.63) is 35.9 Å². The lowest BCUT2D eigenvalue weighted by Gasteiger charge is -2.12. The van der Waals surface area contributed by atoms with E-state index in [0.717, 1.165) is 0 Å². The van der Waals surface area contributed by atoms with Gasteiger partial charge in [-0.1, -0.05) is 78.3 Å². The van der Waals surface area contributed by atoms with Crippen molar-refractivity contribution in [3.8, 4) is 0 Å². The van der Waals surface area contributed by atoms with E-state index >= 15 is 0 Å². The number of hydrogen-bond donors (Lipinski definition) is 0. The van der Waals surface area contributed by atoms with Crippen LogP contribution in [0.3, 0.4) is 0 Å². The predicted molar refractivity (Wildman–Crippen MR) is 74.9 cm³/mol. The molecular formula is C16H28. The largest absolute Gasteiger partial charge is 0.0649 e. The van der Waals surface area contributed by atoms with Crippen LogP contribution in [0.25, 0.3) is 0 Å². The molecule has 0 fully saturated rings. The zero-order valence-corrected chi connectivity index (χ0v) is 11.9. The first-order chi connectivity index (χ1) is 7.40. The molecule has 0 nitrogen and oxygen atoms in total. The van der Waals surface area contributed by atoms with Crippen LogP contribution in [0.4, 0.5) is 0 Å². The van der Waals surface area contributed by atoms with E-state index in [1.165, 1.54) is 18.4 Å². The lowest BCUT2D eigenvalue weighted by atomic mass is 9.94. The van der Waals surface area contributed by atoms with Crippen LogP contribution in [0.15, 0.2) is 30.3 Å². The van der Waals surface area contributed by atoms with Crippen molar-refractivity contribution in [1.29, 1.82) is 0 Å². The second kappa shape index (κ2) is 7.49. The minimum Gasteiger partial charge on any atom is -0.0649 e. The molecular weight excluding hydrogens is 192 g/mol. The van der Waals surface area contributed by atoms with Gasteiger partial charge in [0.15, 0.2) is 0 Å². The normalized spacial score (nSPS) is 12.6. The molecule has 0 aromatic heterocycles. The quantitative estimate of drug-likeness (QED) is 0.605. The van der Waals surface area contributed by atoms with Gasteiger partial charge in [0.25, 0.3) is 0 Å². The summed E-state index contributed by atoms with van der Waals surface area (Å²) in [4.78, 5) is 0. The maximum atomic E-state index is 2.26. The molecule has 1 unspecified atom stereocenters. The summed E-state index contributed by atoms with van der Waals surface area (Å²) in [5.41, 5.74) is 1.99. The zero-order valence-electron chi connectivity index (χ0n) is 11.9. The Bertz CT molecular complexity index is 253. The molecule has 0 saturated carbocycles. The Morgan fingerprint density at radius 2 is 1.44 bits per heavy atom. The Hall–Kier alpha value is -0.780. The SMILES string of the molecule is CCC(C)(C)C.CCC(C)c1ccccc1. The summed E-state index contributed by atoms with van der Waals surface area (Å²) < 4.78 is 0. The van der Waals surface area contributed by atoms with Gasteiger partial charge in [0.05, 0.1) is 0 Å². The first-order valence-electron chi connectivity index (χ1n) is 6.45. The molecule has 0 aliphatic carbocycles. The highest BCUT2D eigenvalue weighted by Gasteiger charge is 2.03. The van der Waals surface area contributed by atoms with E-state index in [1.54, 1.807) is 0 Å². The molecule has 0 aliphatic heterocycles. The molecule has 16 heavy (non-hydrogen) atoms. The highest BCUT2D eigenvalue weighted by atomic mass is 14.1. The third-order valence-corrected chi connectivity index (χ3v) is 3.04. The lowest BCUT2D eigenvalue weighted by Crippen LogP contribution is -2.00. The van der Waals surface area contributed by atoms with E-state index in [9.17, 15) is 0 Å². The van der Waals surface area contributed by atoms with Crippen molar-refractivity contribution in [2.24, 2.45) is 5.41 Å². The molecule has 1 aromatic rings. The smallest absolute Gasteiger partial charge is 0.0193 e. The lowest BCUT2D eigenvalue weighted by molar-refractivity contribution is 0.398. The fraction of sp³-hybridized carbons (Fsp3) is 0.625. The molecule has 0 spiro atoms. The third-order valence-electron chi connectivity index (χ3n) is 3.04. The molecule has 0 aliphatic rings. The highest BCUT2D eigenvalue weighted by molar-refractivity contribution is 5.18. The Morgan fingerprint density at radius 1 is 1.00 bits per heavy atom. The molecule has 0 N–H and O–H groups in total. The van der Waals surface area contributed by atoms with Crippen molar-refractivity contribution in [2.45, 2.75) is 60.3 Å². The summed E-state index contributed by atoms with van der Waals surface area (Å²) in [7, 11) is 0. The molecule has 0 saturated heterocycles. The fourth-order valence-corrected chi connectivity index (χ4v) is 1.02. The van der Waals surface area contributed by atoms with Gasteiger partial charge >= 0.3 is 0 Å². The Kier molecular flexibility index (Phi) is 7.12. The number of rotatable bonds is 2. The first-order valence-corrected chi connectivity index (χ1v) is 6.45. The van der Waals surface area contributed by atoms with Crippen molar-refractivity contribution < 1.29 is 0 Å². The molecule has 0 amide bonds. The molecule has 0 bridgehead atoms. The highest BCUT2D eigenvalue weighted by Crippen LogP contribution is 2.17. The monoisotopic (exact) mass is 220 g/mol. The van der Waals surface area contributed by atoms with Gasteiger partial charge < -0.3 is 0 Å². The maximum Gasteiger partial charge on any atom is -0.0193 e. The van der Waals surface area contributed by atoms with Crippen LogP contribution < -0.4 is 0 Å². The van der Waals surface area contributed by atoms with Crippen molar-refractivity contribution in [3.63, 3.8) is 0 Å². The topological polar surface area (TPSA) is 0 Å². The first kappa shape index (κ1) is 15.2. The Morgan fingerprint density at radius 3 is 1.75 bits per heavy atom. The summed E-state index contributed by atoms with van der Waals surface area (Å²) >= 11 is 0. The van der Waals surface area contributed by atoms with E-state index in [2.05, 4.69) is 71.9 Å². The average Bonchev–Trinajstić information content (AvgIpc) is 2.29. The summed E-state index contributed by atoms with van der Waals surface area (Å²) in [5, 5.41) is 0. The zero-order chi connectivity index (χ0) is 12.6. The van der Waals surface area contributed by atoms with E-state index < -0.39 is 0 Å². The number of hydrogen-bond acceptors (Lipinski definition) is 0. The van der Waals surface area contributed by atoms with E-state index in [1.807, 2.05) is 0 Å². The van der Waals surface area contributed by atoms with Crippen LogP contribution in [-0.4, -0.2) is 0 Å². The van der Waals surface area contributed by atoms with Crippen molar-refractivity contribution in [2.75, 3.05) is 0 Å². The van der Waals surface area contributed by atoms with Crippen LogP contribution >= 0.6 is 0 Å². The Balaban J connectivity index is 0.000000325. The van der Waals surface area contributed by atoms with Gasteiger partial charge in [0.1, 0.15) is 0 Å². The minimum atomic E-state index is 0.542. The van der Waals surface area contributed by atoms with Gasteiger partial charge in [-0.2, -0.15) is 0 Å². The second-order valence-electron chi connectivity index (χ2n) is 5.63. The second-order valence-corrected chi connectivity index (χ2v) is 5.63. The van der Waals surface area contributed by atoms with Crippen LogP contribution in [0.2, 0.25) is 0 Å². The molecule has 1 rings (SSSR count). The van der Waals surface area contributed by atoms with Gasteiger partial charge in [-0.3, -0.25) is 0 Å². The molecule has 1 aromatic carbocycles. The van der Waals surface area contributed by atoms with Gasteiger partial charge in [0.2, 0.25) is 0 Å². The summed E-state index contributed by atoms with van der Waals surface area (Å²) in [6.45, 7) is 13.4. The van der Waals surface area contributed by atoms with Crippen molar-refractivity contribution in [1.82, 2.24) is 0 Å². The van der Waals surface area contributed by atoms with Gasteiger partial charge in [-0.15, -0.1) is 0 Å². The maximum absolute atomic E-state index is 2.26. The molecule has 0 heteroatoms. The summed E-state index contributed by atoms with van der Waals surface area (Å²) in [6.07, 6.45) is 2.50. The van der Waals surface area contributed by atoms with E-state index in [4.69, 9.17) is 0 Å². The average molecular weight is 220 g/mol. The van der Waals surface area contributed by atoms with E-state index in [-0.39, 0.29) is 0 Å². The van der Waals surface area contributed by atoms with Crippen LogP contribution in [0.5, 0.6) is 0 Å². The Labute approximate surface area is 102 Å². The fourth-order valence-electron chi connectivity index (χ4n) is 1.02. The van der Waals surface area contributed by atoms with Gasteiger partial charge in [-0.25, -0.2) is 0 Å². The predicted octanol–water partition coefficient (Wildman–Crippen LogP) is 5.64. The standard InChI is InChI=1S/C10H14.C6H14/c1-3-9(2)10-7-5-4-6-8-10;1-5-6(2,3)4/h4-9H,3H2,1-2H3;5H2,1-4H3. The third kappa shape index (κ3) is 7.50. The molecule has 1 atom stereocenters.